The zero-order valence-electron chi connectivity index (χ0n) is 9.40. The van der Waals surface area contributed by atoms with Gasteiger partial charge in [-0.15, -0.1) is 0 Å². The Morgan fingerprint density at radius 3 is 3.19 bits per heavy atom. The molecule has 0 aromatic carbocycles. The molecule has 1 aliphatic carbocycles. The zero-order valence-corrected chi connectivity index (χ0v) is 10.2. The van der Waals surface area contributed by atoms with Gasteiger partial charge in [0, 0.05) is 23.6 Å². The first-order valence-electron chi connectivity index (χ1n) is 5.67. The molecule has 1 saturated carbocycles. The van der Waals surface area contributed by atoms with Gasteiger partial charge in [0.15, 0.2) is 5.16 Å². The van der Waals surface area contributed by atoms with Gasteiger partial charge < -0.3 is 10.3 Å². The molecule has 2 N–H and O–H groups in total. The van der Waals surface area contributed by atoms with E-state index in [0.717, 1.165) is 11.6 Å². The Labute approximate surface area is 99.3 Å². The first kappa shape index (κ1) is 11.7. The summed E-state index contributed by atoms with van der Waals surface area (Å²) in [5.41, 5.74) is -0.0709. The third-order valence-corrected chi connectivity index (χ3v) is 4.15. The van der Waals surface area contributed by atoms with Crippen LogP contribution >= 0.6 is 11.8 Å². The zero-order chi connectivity index (χ0) is 11.4. The van der Waals surface area contributed by atoms with E-state index in [-0.39, 0.29) is 5.56 Å². The van der Waals surface area contributed by atoms with Gasteiger partial charge in [-0.05, 0) is 26.3 Å². The lowest BCUT2D eigenvalue weighted by atomic mass is 9.95. The van der Waals surface area contributed by atoms with E-state index in [1.165, 1.54) is 25.3 Å². The molecule has 2 atom stereocenters. The molecule has 0 radical (unpaired) electrons. The maximum atomic E-state index is 11.1. The average Bonchev–Trinajstić information content (AvgIpc) is 2.29. The van der Waals surface area contributed by atoms with Crippen molar-refractivity contribution in [2.24, 2.45) is 0 Å². The molecule has 0 spiro atoms. The smallest absolute Gasteiger partial charge is 0.251 e. The number of hydrogen-bond acceptors (Lipinski definition) is 4. The van der Waals surface area contributed by atoms with Crippen LogP contribution in [0.3, 0.4) is 0 Å². The van der Waals surface area contributed by atoms with Crippen molar-refractivity contribution in [2.75, 3.05) is 7.05 Å². The second-order valence-electron chi connectivity index (χ2n) is 4.13. The minimum absolute atomic E-state index is 0.0709. The Balaban J connectivity index is 1.96. The quantitative estimate of drug-likeness (QED) is 0.783. The van der Waals surface area contributed by atoms with E-state index in [9.17, 15) is 4.79 Å². The summed E-state index contributed by atoms with van der Waals surface area (Å²) < 4.78 is 0. The van der Waals surface area contributed by atoms with Gasteiger partial charge in [0.1, 0.15) is 0 Å². The fraction of sp³-hybridized carbons (Fsp3) is 0.636. The third-order valence-electron chi connectivity index (χ3n) is 2.96. The number of nitrogens with zero attached hydrogens (tertiary/aromatic N) is 1. The monoisotopic (exact) mass is 239 g/mol. The number of aromatic nitrogens is 2. The van der Waals surface area contributed by atoms with Crippen molar-refractivity contribution in [3.63, 3.8) is 0 Å². The number of rotatable bonds is 3. The number of thioether (sulfide) groups is 1. The lowest BCUT2D eigenvalue weighted by molar-refractivity contribution is 0.402. The van der Waals surface area contributed by atoms with Gasteiger partial charge in [-0.3, -0.25) is 4.79 Å². The standard InChI is InChI=1S/C11H17N3OS/c1-12-8-3-2-4-9(7-8)16-11-13-6-5-10(15)14-11/h5-6,8-9,12H,2-4,7H2,1H3,(H,13,14,15). The molecule has 2 rings (SSSR count). The van der Waals surface area contributed by atoms with Crippen molar-refractivity contribution in [3.8, 4) is 0 Å². The minimum Gasteiger partial charge on any atom is -0.317 e. The molecule has 1 heterocycles. The minimum atomic E-state index is -0.0709. The molecule has 0 aliphatic heterocycles. The van der Waals surface area contributed by atoms with Crippen LogP contribution in [0.15, 0.2) is 22.2 Å². The van der Waals surface area contributed by atoms with Crippen LogP contribution in [0.25, 0.3) is 0 Å². The molecule has 0 saturated heterocycles. The molecule has 0 bridgehead atoms. The second kappa shape index (κ2) is 5.50. The van der Waals surface area contributed by atoms with Crippen molar-refractivity contribution in [1.29, 1.82) is 0 Å². The average molecular weight is 239 g/mol. The van der Waals surface area contributed by atoms with Crippen molar-refractivity contribution in [2.45, 2.75) is 42.1 Å². The molecule has 0 amide bonds. The van der Waals surface area contributed by atoms with Gasteiger partial charge in [-0.2, -0.15) is 0 Å². The highest BCUT2D eigenvalue weighted by molar-refractivity contribution is 7.99. The Morgan fingerprint density at radius 1 is 1.56 bits per heavy atom. The maximum Gasteiger partial charge on any atom is 0.251 e. The van der Waals surface area contributed by atoms with Crippen LogP contribution in [-0.4, -0.2) is 28.3 Å². The summed E-state index contributed by atoms with van der Waals surface area (Å²) >= 11 is 1.69. The molecule has 1 aromatic heterocycles. The van der Waals surface area contributed by atoms with Gasteiger partial charge in [0.2, 0.25) is 0 Å². The van der Waals surface area contributed by atoms with Crippen molar-refractivity contribution in [3.05, 3.63) is 22.6 Å². The topological polar surface area (TPSA) is 57.8 Å². The van der Waals surface area contributed by atoms with E-state index in [4.69, 9.17) is 0 Å². The third kappa shape index (κ3) is 3.09. The van der Waals surface area contributed by atoms with Gasteiger partial charge in [-0.25, -0.2) is 4.98 Å². The molecule has 16 heavy (non-hydrogen) atoms. The molecule has 5 heteroatoms. The van der Waals surface area contributed by atoms with Crippen molar-refractivity contribution >= 4 is 11.8 Å². The van der Waals surface area contributed by atoms with Crippen LogP contribution in [0.2, 0.25) is 0 Å². The Bertz CT molecular complexity index is 393. The number of aromatic amines is 1. The SMILES string of the molecule is CNC1CCCC(Sc2nccc(=O)[nH]2)C1. The summed E-state index contributed by atoms with van der Waals surface area (Å²) in [4.78, 5) is 18.1. The molecule has 1 aliphatic rings. The van der Waals surface area contributed by atoms with Gasteiger partial charge in [-0.1, -0.05) is 18.2 Å². The Morgan fingerprint density at radius 2 is 2.44 bits per heavy atom. The normalized spacial score (nSPS) is 25.6. The van der Waals surface area contributed by atoms with Crippen molar-refractivity contribution in [1.82, 2.24) is 15.3 Å². The van der Waals surface area contributed by atoms with E-state index >= 15 is 0 Å². The summed E-state index contributed by atoms with van der Waals surface area (Å²) in [5.74, 6) is 0. The molecule has 1 fully saturated rings. The van der Waals surface area contributed by atoms with E-state index in [0.29, 0.717) is 11.3 Å². The highest BCUT2D eigenvalue weighted by Crippen LogP contribution is 2.31. The van der Waals surface area contributed by atoms with Crippen LogP contribution < -0.4 is 10.9 Å². The lowest BCUT2D eigenvalue weighted by Gasteiger charge is -2.27. The van der Waals surface area contributed by atoms with E-state index in [1.54, 1.807) is 18.0 Å². The summed E-state index contributed by atoms with van der Waals surface area (Å²) in [6.07, 6.45) is 6.44. The summed E-state index contributed by atoms with van der Waals surface area (Å²) in [7, 11) is 2.01. The van der Waals surface area contributed by atoms with Crippen molar-refractivity contribution < 1.29 is 0 Å². The fourth-order valence-electron chi connectivity index (χ4n) is 2.08. The first-order chi connectivity index (χ1) is 7.78. The highest BCUT2D eigenvalue weighted by Gasteiger charge is 2.22. The predicted octanol–water partition coefficient (Wildman–Crippen LogP) is 1.39. The number of hydrogen-bond donors (Lipinski definition) is 2. The fourth-order valence-corrected chi connectivity index (χ4v) is 3.29. The van der Waals surface area contributed by atoms with Gasteiger partial charge >= 0.3 is 0 Å². The van der Waals surface area contributed by atoms with Gasteiger partial charge in [0.05, 0.1) is 0 Å². The van der Waals surface area contributed by atoms with Gasteiger partial charge in [0.25, 0.3) is 5.56 Å². The van der Waals surface area contributed by atoms with Crippen LogP contribution in [0.5, 0.6) is 0 Å². The molecule has 1 aromatic rings. The summed E-state index contributed by atoms with van der Waals surface area (Å²) in [6, 6.07) is 2.06. The van der Waals surface area contributed by atoms with E-state index < -0.39 is 0 Å². The number of H-pyrrole nitrogens is 1. The largest absolute Gasteiger partial charge is 0.317 e. The molecular weight excluding hydrogens is 222 g/mol. The van der Waals surface area contributed by atoms with E-state index in [2.05, 4.69) is 15.3 Å². The van der Waals surface area contributed by atoms with Crippen LogP contribution in [0.4, 0.5) is 0 Å². The molecule has 88 valence electrons. The summed E-state index contributed by atoms with van der Waals surface area (Å²) in [5, 5.41) is 4.64. The van der Waals surface area contributed by atoms with Crippen LogP contribution in [0.1, 0.15) is 25.7 Å². The highest BCUT2D eigenvalue weighted by atomic mass is 32.2. The van der Waals surface area contributed by atoms with Crippen LogP contribution in [0, 0.1) is 0 Å². The molecular formula is C11H17N3OS. The summed E-state index contributed by atoms with van der Waals surface area (Å²) in [6.45, 7) is 0. The molecule has 2 unspecified atom stereocenters. The van der Waals surface area contributed by atoms with E-state index in [1.807, 2.05) is 7.05 Å². The maximum absolute atomic E-state index is 11.1. The first-order valence-corrected chi connectivity index (χ1v) is 6.55. The Kier molecular flexibility index (Phi) is 4.01. The number of nitrogens with one attached hydrogen (secondary N) is 2. The van der Waals surface area contributed by atoms with Crippen LogP contribution in [-0.2, 0) is 0 Å². The second-order valence-corrected chi connectivity index (χ2v) is 5.42. The Hall–Kier alpha value is -0.810. The predicted molar refractivity (Wildman–Crippen MR) is 65.8 cm³/mol. The lowest BCUT2D eigenvalue weighted by Crippen LogP contribution is -2.32. The molecule has 4 nitrogen and oxygen atoms in total.